The van der Waals surface area contributed by atoms with Gasteiger partial charge in [0.25, 0.3) is 0 Å². The van der Waals surface area contributed by atoms with E-state index in [0.29, 0.717) is 6.42 Å². The van der Waals surface area contributed by atoms with Crippen LogP contribution in [0.2, 0.25) is 0 Å². The van der Waals surface area contributed by atoms with E-state index in [4.69, 9.17) is 4.74 Å². The van der Waals surface area contributed by atoms with Gasteiger partial charge in [0.05, 0.1) is 13.2 Å². The molecule has 0 aliphatic heterocycles. The second-order valence-electron chi connectivity index (χ2n) is 5.20. The summed E-state index contributed by atoms with van der Waals surface area (Å²) < 4.78 is 5.31. The van der Waals surface area contributed by atoms with Gasteiger partial charge in [0.2, 0.25) is 0 Å². The van der Waals surface area contributed by atoms with Crippen molar-refractivity contribution in [2.75, 3.05) is 7.11 Å². The normalized spacial score (nSPS) is 12.2. The Kier molecular flexibility index (Phi) is 5.19. The zero-order chi connectivity index (χ0) is 14.4. The van der Waals surface area contributed by atoms with Gasteiger partial charge in [-0.2, -0.15) is 0 Å². The summed E-state index contributed by atoms with van der Waals surface area (Å²) in [6, 6.07) is 16.3. The Morgan fingerprint density at radius 3 is 2.65 bits per heavy atom. The molecule has 0 saturated carbocycles. The van der Waals surface area contributed by atoms with E-state index in [1.54, 1.807) is 7.11 Å². The van der Waals surface area contributed by atoms with Crippen LogP contribution in [-0.4, -0.2) is 18.3 Å². The highest BCUT2D eigenvalue weighted by molar-refractivity contribution is 5.33. The van der Waals surface area contributed by atoms with Gasteiger partial charge in [0.1, 0.15) is 5.75 Å². The molecule has 0 bridgehead atoms. The average molecular weight is 270 g/mol. The molecule has 0 aromatic heterocycles. The number of benzene rings is 2. The highest BCUT2D eigenvalue weighted by atomic mass is 16.5. The maximum absolute atomic E-state index is 10.2. The predicted molar refractivity (Wildman–Crippen MR) is 82.2 cm³/mol. The van der Waals surface area contributed by atoms with E-state index in [9.17, 15) is 5.11 Å². The zero-order valence-corrected chi connectivity index (χ0v) is 12.2. The zero-order valence-electron chi connectivity index (χ0n) is 12.2. The van der Waals surface area contributed by atoms with E-state index in [2.05, 4.69) is 31.2 Å². The molecule has 0 saturated heterocycles. The van der Waals surface area contributed by atoms with Gasteiger partial charge < -0.3 is 9.84 Å². The maximum Gasteiger partial charge on any atom is 0.122 e. The first-order chi connectivity index (χ1) is 9.69. The van der Waals surface area contributed by atoms with Gasteiger partial charge in [-0.05, 0) is 37.0 Å². The number of methoxy groups -OCH3 is 1. The van der Waals surface area contributed by atoms with E-state index < -0.39 is 0 Å². The molecular weight excluding hydrogens is 248 g/mol. The van der Waals surface area contributed by atoms with Crippen molar-refractivity contribution in [2.45, 2.75) is 32.3 Å². The Morgan fingerprint density at radius 2 is 1.90 bits per heavy atom. The van der Waals surface area contributed by atoms with Crippen molar-refractivity contribution in [1.82, 2.24) is 0 Å². The van der Waals surface area contributed by atoms with Gasteiger partial charge in [-0.3, -0.25) is 0 Å². The molecule has 1 N–H and O–H groups in total. The monoisotopic (exact) mass is 270 g/mol. The first-order valence-electron chi connectivity index (χ1n) is 7.04. The number of aliphatic hydroxyl groups is 1. The van der Waals surface area contributed by atoms with Gasteiger partial charge in [0, 0.05) is 6.42 Å². The number of hydrogen-bond donors (Lipinski definition) is 1. The van der Waals surface area contributed by atoms with E-state index >= 15 is 0 Å². The summed E-state index contributed by atoms with van der Waals surface area (Å²) in [6.07, 6.45) is 1.96. The number of ether oxygens (including phenoxy) is 1. The Morgan fingerprint density at radius 1 is 1.10 bits per heavy atom. The lowest BCUT2D eigenvalue weighted by Gasteiger charge is -2.13. The van der Waals surface area contributed by atoms with Gasteiger partial charge in [-0.25, -0.2) is 0 Å². The van der Waals surface area contributed by atoms with Gasteiger partial charge in [-0.15, -0.1) is 0 Å². The van der Waals surface area contributed by atoms with Crippen LogP contribution in [0.15, 0.2) is 48.5 Å². The van der Waals surface area contributed by atoms with Crippen molar-refractivity contribution in [2.24, 2.45) is 0 Å². The maximum atomic E-state index is 10.2. The summed E-state index contributed by atoms with van der Waals surface area (Å²) in [5, 5.41) is 10.2. The first-order valence-corrected chi connectivity index (χ1v) is 7.04. The molecule has 2 aromatic carbocycles. The molecule has 0 heterocycles. The first kappa shape index (κ1) is 14.6. The van der Waals surface area contributed by atoms with Crippen LogP contribution in [0.25, 0.3) is 0 Å². The van der Waals surface area contributed by atoms with E-state index in [-0.39, 0.29) is 6.10 Å². The van der Waals surface area contributed by atoms with Crippen LogP contribution in [0.5, 0.6) is 5.75 Å². The van der Waals surface area contributed by atoms with Crippen molar-refractivity contribution in [3.05, 3.63) is 65.2 Å². The number of aryl methyl sites for hydroxylation is 2. The number of para-hydroxylation sites is 1. The molecule has 2 rings (SSSR count). The summed E-state index contributed by atoms with van der Waals surface area (Å²) in [5.41, 5.74) is 3.61. The molecular formula is C18H22O2. The van der Waals surface area contributed by atoms with Crippen molar-refractivity contribution in [1.29, 1.82) is 0 Å². The molecule has 0 amide bonds. The topological polar surface area (TPSA) is 29.5 Å². The molecule has 0 radical (unpaired) electrons. The SMILES string of the molecule is COc1ccccc1CC(O)CCc1cccc(C)c1. The second-order valence-corrected chi connectivity index (χ2v) is 5.20. The fourth-order valence-corrected chi connectivity index (χ4v) is 2.43. The highest BCUT2D eigenvalue weighted by Crippen LogP contribution is 2.20. The summed E-state index contributed by atoms with van der Waals surface area (Å²) in [6.45, 7) is 2.09. The molecule has 2 nitrogen and oxygen atoms in total. The molecule has 2 heteroatoms. The minimum absolute atomic E-state index is 0.341. The summed E-state index contributed by atoms with van der Waals surface area (Å²) >= 11 is 0. The van der Waals surface area contributed by atoms with Gasteiger partial charge in [-0.1, -0.05) is 48.0 Å². The minimum Gasteiger partial charge on any atom is -0.496 e. The fourth-order valence-electron chi connectivity index (χ4n) is 2.43. The molecule has 0 aliphatic carbocycles. The van der Waals surface area contributed by atoms with Crippen LogP contribution < -0.4 is 4.74 Å². The number of aliphatic hydroxyl groups excluding tert-OH is 1. The number of hydrogen-bond acceptors (Lipinski definition) is 2. The van der Waals surface area contributed by atoms with Crippen LogP contribution in [-0.2, 0) is 12.8 Å². The molecule has 1 unspecified atom stereocenters. The van der Waals surface area contributed by atoms with Crippen molar-refractivity contribution in [3.8, 4) is 5.75 Å². The van der Waals surface area contributed by atoms with Crippen molar-refractivity contribution >= 4 is 0 Å². The lowest BCUT2D eigenvalue weighted by Crippen LogP contribution is -2.12. The van der Waals surface area contributed by atoms with Crippen LogP contribution in [0.3, 0.4) is 0 Å². The summed E-state index contributed by atoms with van der Waals surface area (Å²) in [7, 11) is 1.66. The van der Waals surface area contributed by atoms with E-state index in [0.717, 1.165) is 24.2 Å². The molecule has 1 atom stereocenters. The third kappa shape index (κ3) is 4.10. The van der Waals surface area contributed by atoms with Crippen LogP contribution in [0, 0.1) is 6.92 Å². The third-order valence-electron chi connectivity index (χ3n) is 3.50. The van der Waals surface area contributed by atoms with E-state index in [1.165, 1.54) is 11.1 Å². The molecule has 20 heavy (non-hydrogen) atoms. The standard InChI is InChI=1S/C18H22O2/c1-14-6-5-7-15(12-14)10-11-17(19)13-16-8-3-4-9-18(16)20-2/h3-9,12,17,19H,10-11,13H2,1-2H3. The molecule has 0 spiro atoms. The Bertz CT molecular complexity index is 549. The lowest BCUT2D eigenvalue weighted by molar-refractivity contribution is 0.164. The average Bonchev–Trinajstić information content (AvgIpc) is 2.46. The molecule has 0 fully saturated rings. The summed E-state index contributed by atoms with van der Waals surface area (Å²) in [4.78, 5) is 0. The Balaban J connectivity index is 1.91. The second kappa shape index (κ2) is 7.11. The largest absolute Gasteiger partial charge is 0.496 e. The fraction of sp³-hybridized carbons (Fsp3) is 0.333. The van der Waals surface area contributed by atoms with Crippen molar-refractivity contribution in [3.63, 3.8) is 0 Å². The number of rotatable bonds is 6. The lowest BCUT2D eigenvalue weighted by atomic mass is 10.00. The van der Waals surface area contributed by atoms with Crippen molar-refractivity contribution < 1.29 is 9.84 Å². The van der Waals surface area contributed by atoms with Crippen LogP contribution in [0.1, 0.15) is 23.1 Å². The molecule has 0 aliphatic rings. The quantitative estimate of drug-likeness (QED) is 0.870. The summed E-state index contributed by atoms with van der Waals surface area (Å²) in [5.74, 6) is 0.849. The van der Waals surface area contributed by atoms with Gasteiger partial charge in [0.15, 0.2) is 0 Å². The predicted octanol–water partition coefficient (Wildman–Crippen LogP) is 3.54. The Labute approximate surface area is 121 Å². The van der Waals surface area contributed by atoms with Crippen LogP contribution >= 0.6 is 0 Å². The molecule has 106 valence electrons. The Hall–Kier alpha value is -1.80. The van der Waals surface area contributed by atoms with E-state index in [1.807, 2.05) is 24.3 Å². The highest BCUT2D eigenvalue weighted by Gasteiger charge is 2.09. The van der Waals surface area contributed by atoms with Crippen LogP contribution in [0.4, 0.5) is 0 Å². The van der Waals surface area contributed by atoms with Gasteiger partial charge >= 0.3 is 0 Å². The molecule has 2 aromatic rings. The minimum atomic E-state index is -0.341. The smallest absolute Gasteiger partial charge is 0.122 e. The third-order valence-corrected chi connectivity index (χ3v) is 3.50.